The van der Waals surface area contributed by atoms with Crippen LogP contribution in [0.3, 0.4) is 0 Å². The Balaban J connectivity index is 1.65. The lowest BCUT2D eigenvalue weighted by molar-refractivity contribution is -0.143. The summed E-state index contributed by atoms with van der Waals surface area (Å²) in [4.78, 5) is 26.6. The fourth-order valence-electron chi connectivity index (χ4n) is 5.00. The first kappa shape index (κ1) is 22.2. The highest BCUT2D eigenvalue weighted by Crippen LogP contribution is 2.38. The van der Waals surface area contributed by atoms with Crippen molar-refractivity contribution in [1.29, 1.82) is 0 Å². The summed E-state index contributed by atoms with van der Waals surface area (Å²) in [5.74, 6) is 0.212. The molecular weight excluding hydrogens is 396 g/mol. The molecule has 1 atom stereocenters. The van der Waals surface area contributed by atoms with Crippen LogP contribution in [0.15, 0.2) is 67.0 Å². The number of likely N-dealkylation sites (tertiary alicyclic amines) is 1. The minimum atomic E-state index is -0.450. The Kier molecular flexibility index (Phi) is 6.66. The maximum absolute atomic E-state index is 13.6. The molecule has 1 fully saturated rings. The maximum Gasteiger partial charge on any atom is 0.229 e. The minimum Gasteiger partial charge on any atom is -0.348 e. The molecule has 1 saturated heterocycles. The van der Waals surface area contributed by atoms with E-state index in [-0.39, 0.29) is 5.91 Å². The van der Waals surface area contributed by atoms with Crippen LogP contribution in [0.1, 0.15) is 29.8 Å². The summed E-state index contributed by atoms with van der Waals surface area (Å²) in [6, 6.07) is 18.7. The Hall–Kier alpha value is -3.05. The number of hydrogen-bond acceptors (Lipinski definition) is 4. The molecule has 1 aliphatic rings. The van der Waals surface area contributed by atoms with Gasteiger partial charge in [-0.2, -0.15) is 0 Å². The first-order valence-corrected chi connectivity index (χ1v) is 11.3. The number of piperidine rings is 1. The van der Waals surface area contributed by atoms with Crippen molar-refractivity contribution < 1.29 is 4.79 Å². The van der Waals surface area contributed by atoms with Gasteiger partial charge in [0, 0.05) is 45.3 Å². The maximum atomic E-state index is 13.6. The number of aryl methyl sites for hydroxylation is 1. The van der Waals surface area contributed by atoms with E-state index in [2.05, 4.69) is 51.3 Å². The van der Waals surface area contributed by atoms with Crippen molar-refractivity contribution in [2.75, 3.05) is 27.2 Å². The van der Waals surface area contributed by atoms with Crippen LogP contribution >= 0.6 is 0 Å². The quantitative estimate of drug-likeness (QED) is 0.585. The third-order valence-corrected chi connectivity index (χ3v) is 6.38. The van der Waals surface area contributed by atoms with Gasteiger partial charge in [-0.15, -0.1) is 0 Å². The van der Waals surface area contributed by atoms with Gasteiger partial charge in [-0.05, 0) is 73.7 Å². The second kappa shape index (κ2) is 9.61. The molecule has 5 heteroatoms. The Morgan fingerprint density at radius 2 is 1.84 bits per heavy atom. The molecule has 1 amide bonds. The predicted octanol–water partition coefficient (Wildman–Crippen LogP) is 4.37. The lowest BCUT2D eigenvalue weighted by atomic mass is 9.73. The Morgan fingerprint density at radius 3 is 2.59 bits per heavy atom. The molecule has 4 rings (SSSR count). The molecule has 166 valence electrons. The number of pyridine rings is 2. The number of aromatic nitrogens is 2. The third-order valence-electron chi connectivity index (χ3n) is 6.38. The second-order valence-electron chi connectivity index (χ2n) is 9.13. The molecule has 2 aromatic heterocycles. The summed E-state index contributed by atoms with van der Waals surface area (Å²) in [6.07, 6.45) is 6.27. The molecular formula is C27H32N4O. The second-order valence-corrected chi connectivity index (χ2v) is 9.13. The van der Waals surface area contributed by atoms with Crippen molar-refractivity contribution in [2.45, 2.75) is 32.7 Å². The van der Waals surface area contributed by atoms with Crippen molar-refractivity contribution in [1.82, 2.24) is 19.8 Å². The zero-order valence-electron chi connectivity index (χ0n) is 19.3. The molecule has 0 spiro atoms. The number of carbonyl (C=O) groups excluding carboxylic acids is 1. The van der Waals surface area contributed by atoms with Crippen molar-refractivity contribution in [3.05, 3.63) is 83.9 Å². The first-order chi connectivity index (χ1) is 15.5. The summed E-state index contributed by atoms with van der Waals surface area (Å²) in [6.45, 7) is 4.53. The van der Waals surface area contributed by atoms with Gasteiger partial charge in [-0.3, -0.25) is 19.7 Å². The fraction of sp³-hybridized carbons (Fsp3) is 0.370. The largest absolute Gasteiger partial charge is 0.348 e. The summed E-state index contributed by atoms with van der Waals surface area (Å²) in [5, 5.41) is 0. The molecule has 0 saturated carbocycles. The Labute approximate surface area is 191 Å². The average molecular weight is 429 g/mol. The highest BCUT2D eigenvalue weighted by Gasteiger charge is 2.43. The molecule has 1 aromatic carbocycles. The Bertz CT molecular complexity index is 1070. The van der Waals surface area contributed by atoms with Crippen LogP contribution in [-0.4, -0.2) is 52.9 Å². The van der Waals surface area contributed by atoms with Gasteiger partial charge >= 0.3 is 0 Å². The highest BCUT2D eigenvalue weighted by molar-refractivity contribution is 5.83. The van der Waals surface area contributed by atoms with Crippen LogP contribution in [0.2, 0.25) is 0 Å². The van der Waals surface area contributed by atoms with Crippen molar-refractivity contribution >= 4 is 5.91 Å². The molecule has 0 unspecified atom stereocenters. The van der Waals surface area contributed by atoms with Crippen molar-refractivity contribution in [2.24, 2.45) is 5.41 Å². The molecule has 0 bridgehead atoms. The molecule has 3 aromatic rings. The zero-order valence-corrected chi connectivity index (χ0v) is 19.3. The van der Waals surface area contributed by atoms with E-state index in [0.29, 0.717) is 0 Å². The van der Waals surface area contributed by atoms with Gasteiger partial charge in [-0.1, -0.05) is 30.3 Å². The lowest BCUT2D eigenvalue weighted by Crippen LogP contribution is -2.52. The number of carbonyl (C=O) groups is 1. The summed E-state index contributed by atoms with van der Waals surface area (Å²) in [5.41, 5.74) is 5.17. The van der Waals surface area contributed by atoms with Gasteiger partial charge in [-0.25, -0.2) is 0 Å². The van der Waals surface area contributed by atoms with Crippen molar-refractivity contribution in [3.63, 3.8) is 0 Å². The molecule has 3 heterocycles. The molecule has 5 nitrogen and oxygen atoms in total. The van der Waals surface area contributed by atoms with Crippen molar-refractivity contribution in [3.8, 4) is 11.1 Å². The normalized spacial score (nSPS) is 19.0. The van der Waals surface area contributed by atoms with Crippen LogP contribution in [0, 0.1) is 12.3 Å². The first-order valence-electron chi connectivity index (χ1n) is 11.3. The van der Waals surface area contributed by atoms with E-state index in [1.165, 1.54) is 11.1 Å². The van der Waals surface area contributed by atoms with E-state index in [9.17, 15) is 4.79 Å². The van der Waals surface area contributed by atoms with E-state index >= 15 is 0 Å². The van der Waals surface area contributed by atoms with Crippen LogP contribution in [0.25, 0.3) is 11.1 Å². The van der Waals surface area contributed by atoms with Crippen LogP contribution in [-0.2, 0) is 17.8 Å². The number of rotatable bonds is 6. The van der Waals surface area contributed by atoms with Crippen LogP contribution in [0.4, 0.5) is 0 Å². The average Bonchev–Trinajstić information content (AvgIpc) is 2.80. The van der Waals surface area contributed by atoms with E-state index in [4.69, 9.17) is 0 Å². The summed E-state index contributed by atoms with van der Waals surface area (Å²) >= 11 is 0. The topological polar surface area (TPSA) is 49.3 Å². The number of hydrogen-bond donors (Lipinski definition) is 0. The molecule has 0 aliphatic carbocycles. The monoisotopic (exact) mass is 428 g/mol. The SMILES string of the molecule is Cc1cccc(CN2CCC[C@](Cc3ccccc3-c3ccncc3)(C(=O)N(C)C)C2)n1. The smallest absolute Gasteiger partial charge is 0.229 e. The van der Waals surface area contributed by atoms with Gasteiger partial charge in [0.15, 0.2) is 0 Å². The molecule has 0 N–H and O–H groups in total. The fourth-order valence-corrected chi connectivity index (χ4v) is 5.00. The van der Waals surface area contributed by atoms with Crippen LogP contribution in [0.5, 0.6) is 0 Å². The van der Waals surface area contributed by atoms with E-state index < -0.39 is 5.41 Å². The number of benzene rings is 1. The summed E-state index contributed by atoms with van der Waals surface area (Å²) < 4.78 is 0. The van der Waals surface area contributed by atoms with Gasteiger partial charge < -0.3 is 4.90 Å². The van der Waals surface area contributed by atoms with Gasteiger partial charge in [0.25, 0.3) is 0 Å². The molecule has 32 heavy (non-hydrogen) atoms. The molecule has 0 radical (unpaired) electrons. The summed E-state index contributed by atoms with van der Waals surface area (Å²) in [7, 11) is 3.75. The minimum absolute atomic E-state index is 0.212. The number of amides is 1. The lowest BCUT2D eigenvalue weighted by Gasteiger charge is -2.43. The highest BCUT2D eigenvalue weighted by atomic mass is 16.2. The third kappa shape index (κ3) is 4.89. The van der Waals surface area contributed by atoms with E-state index in [1.807, 2.05) is 51.6 Å². The predicted molar refractivity (Wildman–Crippen MR) is 128 cm³/mol. The Morgan fingerprint density at radius 1 is 1.06 bits per heavy atom. The van der Waals surface area contributed by atoms with Crippen LogP contribution < -0.4 is 0 Å². The zero-order chi connectivity index (χ0) is 22.6. The van der Waals surface area contributed by atoms with Gasteiger partial charge in [0.1, 0.15) is 0 Å². The van der Waals surface area contributed by atoms with E-state index in [1.54, 1.807) is 4.90 Å². The molecule has 1 aliphatic heterocycles. The standard InChI is InChI=1S/C27H32N4O/c1-21-8-6-10-24(29-21)19-31-17-7-14-27(20-31,26(32)30(2)3)18-23-9-4-5-11-25(23)22-12-15-28-16-13-22/h4-6,8-13,15-16H,7,14,17-20H2,1-3H3/t27-/m1/s1. The van der Waals surface area contributed by atoms with Gasteiger partial charge in [0.2, 0.25) is 5.91 Å². The van der Waals surface area contributed by atoms with Gasteiger partial charge in [0.05, 0.1) is 11.1 Å². The van der Waals surface area contributed by atoms with E-state index in [0.717, 1.165) is 55.8 Å². The number of nitrogens with zero attached hydrogens (tertiary/aromatic N) is 4.